The molecule has 1 aromatic carbocycles. The van der Waals surface area contributed by atoms with Gasteiger partial charge in [0.05, 0.1) is 11.1 Å². The lowest BCUT2D eigenvalue weighted by molar-refractivity contribution is 0.261. The molecule has 4 heterocycles. The zero-order chi connectivity index (χ0) is 24.6. The highest BCUT2D eigenvalue weighted by Gasteiger charge is 2.23. The van der Waals surface area contributed by atoms with E-state index in [9.17, 15) is 9.18 Å². The van der Waals surface area contributed by atoms with Crippen molar-refractivity contribution in [2.24, 2.45) is 0 Å². The van der Waals surface area contributed by atoms with E-state index in [4.69, 9.17) is 4.52 Å². The third kappa shape index (κ3) is 4.78. The Morgan fingerprint density at radius 1 is 1.23 bits per heavy atom. The molecule has 4 aromatic rings. The molecule has 3 aromatic heterocycles. The standard InChI is InChI=1S/C23H26FN9O2/c1-23(2,3)20-29-21(33-35-20)30-22(34)28-16-5-4-12(10-15(16)24)14-7-9-26-18-17(14)19(32-31-18)27-13-6-8-25-11-13/h4-5,7,9-10,13,25H,6,8,11H2,1-3H3,(H2,26,27,31,32)(H2,28,30,33,34)/t13-/m1/s1. The Bertz CT molecular complexity index is 1370. The van der Waals surface area contributed by atoms with Crippen LogP contribution >= 0.6 is 0 Å². The van der Waals surface area contributed by atoms with Gasteiger partial charge in [-0.2, -0.15) is 10.1 Å². The van der Waals surface area contributed by atoms with Gasteiger partial charge in [0.1, 0.15) is 5.82 Å². The summed E-state index contributed by atoms with van der Waals surface area (Å²) in [6.45, 7) is 7.52. The third-order valence-electron chi connectivity index (χ3n) is 5.68. The van der Waals surface area contributed by atoms with Crippen LogP contribution in [0.5, 0.6) is 0 Å². The maximum Gasteiger partial charge on any atom is 0.326 e. The van der Waals surface area contributed by atoms with Crippen LogP contribution in [0.25, 0.3) is 22.2 Å². The second-order valence-corrected chi connectivity index (χ2v) is 9.44. The van der Waals surface area contributed by atoms with Gasteiger partial charge < -0.3 is 20.5 Å². The van der Waals surface area contributed by atoms with Crippen molar-refractivity contribution in [3.8, 4) is 11.1 Å². The fraction of sp³-hybridized carbons (Fsp3) is 0.348. The number of H-pyrrole nitrogens is 1. The topological polar surface area (TPSA) is 146 Å². The number of halogens is 1. The lowest BCUT2D eigenvalue weighted by Gasteiger charge is -2.12. The molecule has 12 heteroatoms. The van der Waals surface area contributed by atoms with E-state index < -0.39 is 11.8 Å². The molecule has 0 aliphatic carbocycles. The number of rotatable bonds is 5. The van der Waals surface area contributed by atoms with Crippen LogP contribution in [0.2, 0.25) is 0 Å². The molecule has 5 N–H and O–H groups in total. The van der Waals surface area contributed by atoms with Crippen LogP contribution < -0.4 is 21.3 Å². The van der Waals surface area contributed by atoms with Crippen LogP contribution in [0, 0.1) is 5.82 Å². The number of hydrogen-bond donors (Lipinski definition) is 5. The highest BCUT2D eigenvalue weighted by Crippen LogP contribution is 2.33. The van der Waals surface area contributed by atoms with E-state index in [-0.39, 0.29) is 23.1 Å². The Balaban J connectivity index is 1.35. The zero-order valence-corrected chi connectivity index (χ0v) is 19.6. The first-order chi connectivity index (χ1) is 16.8. The fourth-order valence-corrected chi connectivity index (χ4v) is 3.89. The molecule has 1 fully saturated rings. The lowest BCUT2D eigenvalue weighted by Crippen LogP contribution is -2.22. The molecular weight excluding hydrogens is 453 g/mol. The molecule has 182 valence electrons. The van der Waals surface area contributed by atoms with E-state index in [1.807, 2.05) is 26.8 Å². The van der Waals surface area contributed by atoms with Gasteiger partial charge in [0.2, 0.25) is 5.89 Å². The number of aromatic nitrogens is 5. The minimum absolute atomic E-state index is 0.00100. The molecule has 0 bridgehead atoms. The molecule has 5 rings (SSSR count). The molecule has 1 atom stereocenters. The van der Waals surface area contributed by atoms with Crippen LogP contribution in [0.1, 0.15) is 33.1 Å². The second kappa shape index (κ2) is 8.95. The number of nitrogens with one attached hydrogen (secondary N) is 5. The summed E-state index contributed by atoms with van der Waals surface area (Å²) in [5, 5.41) is 23.5. The maximum atomic E-state index is 15.0. The van der Waals surface area contributed by atoms with E-state index in [1.54, 1.807) is 12.3 Å². The first kappa shape index (κ1) is 22.7. The molecule has 35 heavy (non-hydrogen) atoms. The summed E-state index contributed by atoms with van der Waals surface area (Å²) in [7, 11) is 0. The van der Waals surface area contributed by atoms with E-state index in [0.717, 1.165) is 30.5 Å². The summed E-state index contributed by atoms with van der Waals surface area (Å²) < 4.78 is 20.1. The Kier molecular flexibility index (Phi) is 5.81. The second-order valence-electron chi connectivity index (χ2n) is 9.44. The van der Waals surface area contributed by atoms with Gasteiger partial charge in [-0.25, -0.2) is 14.2 Å². The Hall–Kier alpha value is -4.06. The van der Waals surface area contributed by atoms with Gasteiger partial charge in [-0.1, -0.05) is 26.8 Å². The van der Waals surface area contributed by atoms with Crippen LogP contribution in [0.3, 0.4) is 0 Å². The molecular formula is C23H26FN9O2. The highest BCUT2D eigenvalue weighted by molar-refractivity contribution is 6.01. The quantitative estimate of drug-likeness (QED) is 0.290. The van der Waals surface area contributed by atoms with Crippen molar-refractivity contribution in [2.75, 3.05) is 29.0 Å². The number of nitrogens with zero attached hydrogens (tertiary/aromatic N) is 4. The van der Waals surface area contributed by atoms with Crippen molar-refractivity contribution in [3.05, 3.63) is 42.2 Å². The van der Waals surface area contributed by atoms with Gasteiger partial charge in [-0.05, 0) is 47.4 Å². The van der Waals surface area contributed by atoms with Crippen molar-refractivity contribution in [1.82, 2.24) is 30.6 Å². The normalized spacial score (nSPS) is 15.9. The molecule has 2 amide bonds. The fourth-order valence-electron chi connectivity index (χ4n) is 3.89. The zero-order valence-electron chi connectivity index (χ0n) is 19.6. The minimum atomic E-state index is -0.685. The SMILES string of the molecule is CC(C)(C)c1nc(NC(=O)Nc2ccc(-c3ccnc4[nH]nc(N[C@@H]5CCNC5)c34)cc2F)no1. The van der Waals surface area contributed by atoms with Crippen molar-refractivity contribution < 1.29 is 13.7 Å². The van der Waals surface area contributed by atoms with Crippen molar-refractivity contribution in [2.45, 2.75) is 38.6 Å². The van der Waals surface area contributed by atoms with Gasteiger partial charge >= 0.3 is 6.03 Å². The van der Waals surface area contributed by atoms with E-state index >= 15 is 0 Å². The molecule has 0 spiro atoms. The average molecular weight is 480 g/mol. The average Bonchev–Trinajstić information content (AvgIpc) is 3.57. The van der Waals surface area contributed by atoms with Gasteiger partial charge in [-0.3, -0.25) is 10.4 Å². The van der Waals surface area contributed by atoms with Crippen LogP contribution in [-0.4, -0.2) is 50.5 Å². The first-order valence-electron chi connectivity index (χ1n) is 11.3. The number of anilines is 3. The lowest BCUT2D eigenvalue weighted by atomic mass is 9.97. The summed E-state index contributed by atoms with van der Waals surface area (Å²) in [4.78, 5) is 20.8. The summed E-state index contributed by atoms with van der Waals surface area (Å²) in [5.74, 6) is 0.461. The summed E-state index contributed by atoms with van der Waals surface area (Å²) in [5.41, 5.74) is 1.66. The van der Waals surface area contributed by atoms with E-state index in [1.165, 1.54) is 12.1 Å². The molecule has 0 radical (unpaired) electrons. The molecule has 11 nitrogen and oxygen atoms in total. The first-order valence-corrected chi connectivity index (χ1v) is 11.3. The van der Waals surface area contributed by atoms with Gasteiger partial charge in [0.15, 0.2) is 11.5 Å². The number of fused-ring (bicyclic) bond motifs is 1. The van der Waals surface area contributed by atoms with Crippen molar-refractivity contribution in [1.29, 1.82) is 0 Å². The molecule has 1 aliphatic rings. The number of benzene rings is 1. The summed E-state index contributed by atoms with van der Waals surface area (Å²) >= 11 is 0. The van der Waals surface area contributed by atoms with Crippen LogP contribution in [0.15, 0.2) is 35.0 Å². The number of carbonyl (C=O) groups is 1. The van der Waals surface area contributed by atoms with Gasteiger partial charge in [0.25, 0.3) is 5.95 Å². The van der Waals surface area contributed by atoms with Crippen LogP contribution in [0.4, 0.5) is 26.6 Å². The number of pyridine rings is 1. The monoisotopic (exact) mass is 479 g/mol. The number of aromatic amines is 1. The van der Waals surface area contributed by atoms with Crippen molar-refractivity contribution in [3.63, 3.8) is 0 Å². The van der Waals surface area contributed by atoms with Crippen molar-refractivity contribution >= 4 is 34.5 Å². The molecule has 0 unspecified atom stereocenters. The molecule has 1 aliphatic heterocycles. The Labute approximate surface area is 200 Å². The number of urea groups is 1. The number of hydrogen-bond acceptors (Lipinski definition) is 8. The predicted molar refractivity (Wildman–Crippen MR) is 130 cm³/mol. The Morgan fingerprint density at radius 3 is 2.80 bits per heavy atom. The third-order valence-corrected chi connectivity index (χ3v) is 5.68. The van der Waals surface area contributed by atoms with Gasteiger partial charge in [-0.15, -0.1) is 0 Å². The van der Waals surface area contributed by atoms with Gasteiger partial charge in [0, 0.05) is 24.2 Å². The highest BCUT2D eigenvalue weighted by atomic mass is 19.1. The van der Waals surface area contributed by atoms with Crippen LogP contribution in [-0.2, 0) is 5.41 Å². The largest absolute Gasteiger partial charge is 0.364 e. The Morgan fingerprint density at radius 2 is 2.09 bits per heavy atom. The molecule has 0 saturated carbocycles. The maximum absolute atomic E-state index is 15.0. The smallest absolute Gasteiger partial charge is 0.326 e. The minimum Gasteiger partial charge on any atom is -0.364 e. The molecule has 1 saturated heterocycles. The van der Waals surface area contributed by atoms with E-state index in [0.29, 0.717) is 22.9 Å². The summed E-state index contributed by atoms with van der Waals surface area (Å²) in [6.07, 6.45) is 2.63. The summed E-state index contributed by atoms with van der Waals surface area (Å²) in [6, 6.07) is 5.98. The number of carbonyl (C=O) groups excluding carboxylic acids is 1. The van der Waals surface area contributed by atoms with E-state index in [2.05, 4.69) is 46.6 Å². The number of amides is 2. The predicted octanol–water partition coefficient (Wildman–Crippen LogP) is 3.86.